The summed E-state index contributed by atoms with van der Waals surface area (Å²) in [7, 11) is 1.63. The van der Waals surface area contributed by atoms with Gasteiger partial charge in [-0.25, -0.2) is 9.37 Å². The molecule has 5 heteroatoms. The predicted octanol–water partition coefficient (Wildman–Crippen LogP) is 2.82. The third kappa shape index (κ3) is 3.07. The number of benzene rings is 1. The number of hydrogen-bond donors (Lipinski definition) is 2. The SMILES string of the molecule is CNc1ncc(F)cc1C(=O)Nc1cccc(C)c1. The minimum atomic E-state index is -0.548. The van der Waals surface area contributed by atoms with E-state index in [1.165, 1.54) is 0 Å². The minimum Gasteiger partial charge on any atom is -0.372 e. The van der Waals surface area contributed by atoms with E-state index >= 15 is 0 Å². The number of aryl methyl sites for hydroxylation is 1. The highest BCUT2D eigenvalue weighted by Crippen LogP contribution is 2.16. The van der Waals surface area contributed by atoms with Crippen LogP contribution in [0.4, 0.5) is 15.9 Å². The van der Waals surface area contributed by atoms with E-state index in [1.54, 1.807) is 13.1 Å². The van der Waals surface area contributed by atoms with Gasteiger partial charge in [-0.15, -0.1) is 0 Å². The van der Waals surface area contributed by atoms with Crippen LogP contribution in [-0.4, -0.2) is 17.9 Å². The Morgan fingerprint density at radius 2 is 2.11 bits per heavy atom. The van der Waals surface area contributed by atoms with Crippen molar-refractivity contribution in [2.24, 2.45) is 0 Å². The molecule has 1 amide bonds. The zero-order valence-corrected chi connectivity index (χ0v) is 10.7. The number of nitrogens with one attached hydrogen (secondary N) is 2. The molecular weight excluding hydrogens is 245 g/mol. The first-order valence-corrected chi connectivity index (χ1v) is 5.81. The molecule has 0 fully saturated rings. The van der Waals surface area contributed by atoms with Crippen LogP contribution in [0.25, 0.3) is 0 Å². The molecule has 2 rings (SSSR count). The van der Waals surface area contributed by atoms with Crippen LogP contribution in [0.2, 0.25) is 0 Å². The number of carbonyl (C=O) groups excluding carboxylic acids is 1. The second-order valence-electron chi connectivity index (χ2n) is 4.12. The molecule has 0 saturated heterocycles. The molecule has 0 atom stereocenters. The lowest BCUT2D eigenvalue weighted by Crippen LogP contribution is -2.15. The van der Waals surface area contributed by atoms with Gasteiger partial charge >= 0.3 is 0 Å². The largest absolute Gasteiger partial charge is 0.372 e. The zero-order valence-electron chi connectivity index (χ0n) is 10.7. The summed E-state index contributed by atoms with van der Waals surface area (Å²) in [6.45, 7) is 1.93. The monoisotopic (exact) mass is 259 g/mol. The number of carbonyl (C=O) groups is 1. The maximum atomic E-state index is 13.2. The van der Waals surface area contributed by atoms with Crippen molar-refractivity contribution in [2.45, 2.75) is 6.92 Å². The molecule has 0 radical (unpaired) electrons. The van der Waals surface area contributed by atoms with Crippen LogP contribution in [0, 0.1) is 12.7 Å². The third-order valence-electron chi connectivity index (χ3n) is 2.61. The molecule has 0 aliphatic heterocycles. The Hall–Kier alpha value is -2.43. The summed E-state index contributed by atoms with van der Waals surface area (Å²) in [5.41, 5.74) is 1.87. The zero-order chi connectivity index (χ0) is 13.8. The number of pyridine rings is 1. The lowest BCUT2D eigenvalue weighted by molar-refractivity contribution is 0.102. The Kier molecular flexibility index (Phi) is 3.75. The van der Waals surface area contributed by atoms with E-state index in [0.717, 1.165) is 17.8 Å². The van der Waals surface area contributed by atoms with Gasteiger partial charge in [0, 0.05) is 12.7 Å². The molecular formula is C14H14FN3O. The van der Waals surface area contributed by atoms with Crippen molar-refractivity contribution in [3.05, 3.63) is 53.5 Å². The van der Waals surface area contributed by atoms with Crippen LogP contribution < -0.4 is 10.6 Å². The highest BCUT2D eigenvalue weighted by Gasteiger charge is 2.13. The molecule has 0 bridgehead atoms. The van der Waals surface area contributed by atoms with Gasteiger partial charge in [-0.05, 0) is 30.7 Å². The number of halogens is 1. The van der Waals surface area contributed by atoms with E-state index in [2.05, 4.69) is 15.6 Å². The van der Waals surface area contributed by atoms with Gasteiger partial charge in [0.15, 0.2) is 0 Å². The van der Waals surface area contributed by atoms with Gasteiger partial charge in [-0.1, -0.05) is 12.1 Å². The number of amides is 1. The van der Waals surface area contributed by atoms with Crippen molar-refractivity contribution in [3.8, 4) is 0 Å². The Balaban J connectivity index is 2.27. The van der Waals surface area contributed by atoms with Crippen LogP contribution in [0.5, 0.6) is 0 Å². The lowest BCUT2D eigenvalue weighted by atomic mass is 10.2. The fraction of sp³-hybridized carbons (Fsp3) is 0.143. The first kappa shape index (κ1) is 13.0. The Bertz CT molecular complexity index is 613. The van der Waals surface area contributed by atoms with E-state index in [9.17, 15) is 9.18 Å². The Labute approximate surface area is 110 Å². The molecule has 2 N–H and O–H groups in total. The Morgan fingerprint density at radius 3 is 2.79 bits per heavy atom. The molecule has 0 aliphatic carbocycles. The van der Waals surface area contributed by atoms with E-state index in [4.69, 9.17) is 0 Å². The first-order valence-electron chi connectivity index (χ1n) is 5.81. The summed E-state index contributed by atoms with van der Waals surface area (Å²) < 4.78 is 13.2. The van der Waals surface area contributed by atoms with Crippen molar-refractivity contribution in [3.63, 3.8) is 0 Å². The smallest absolute Gasteiger partial charge is 0.259 e. The minimum absolute atomic E-state index is 0.170. The summed E-state index contributed by atoms with van der Waals surface area (Å²) in [5.74, 6) is -0.609. The maximum Gasteiger partial charge on any atom is 0.259 e. The number of hydrogen-bond acceptors (Lipinski definition) is 3. The summed E-state index contributed by atoms with van der Waals surface area (Å²) >= 11 is 0. The van der Waals surface area contributed by atoms with Crippen LogP contribution >= 0.6 is 0 Å². The Morgan fingerprint density at radius 1 is 1.32 bits per heavy atom. The fourth-order valence-corrected chi connectivity index (χ4v) is 1.73. The number of aromatic nitrogens is 1. The summed E-state index contributed by atoms with van der Waals surface area (Å²) in [6, 6.07) is 8.54. The van der Waals surface area contributed by atoms with Gasteiger partial charge in [0.1, 0.15) is 11.6 Å². The average Bonchev–Trinajstić information content (AvgIpc) is 2.38. The number of rotatable bonds is 3. The molecule has 1 heterocycles. The molecule has 0 spiro atoms. The molecule has 0 unspecified atom stereocenters. The number of nitrogens with zero attached hydrogens (tertiary/aromatic N) is 1. The van der Waals surface area contributed by atoms with E-state index in [-0.39, 0.29) is 5.56 Å². The van der Waals surface area contributed by atoms with E-state index in [1.807, 2.05) is 25.1 Å². The summed E-state index contributed by atoms with van der Waals surface area (Å²) in [4.78, 5) is 15.9. The van der Waals surface area contributed by atoms with Crippen molar-refractivity contribution in [2.75, 3.05) is 17.7 Å². The van der Waals surface area contributed by atoms with Gasteiger partial charge in [0.2, 0.25) is 0 Å². The maximum absolute atomic E-state index is 13.2. The van der Waals surface area contributed by atoms with Crippen molar-refractivity contribution in [1.29, 1.82) is 0 Å². The first-order chi connectivity index (χ1) is 9.10. The predicted molar refractivity (Wildman–Crippen MR) is 72.9 cm³/mol. The highest BCUT2D eigenvalue weighted by molar-refractivity contribution is 6.07. The molecule has 0 aliphatic rings. The molecule has 1 aromatic heterocycles. The topological polar surface area (TPSA) is 54.0 Å². The molecule has 98 valence electrons. The standard InChI is InChI=1S/C14H14FN3O/c1-9-4-3-5-11(6-9)18-14(19)12-7-10(15)8-17-13(12)16-2/h3-8H,1-2H3,(H,16,17)(H,18,19). The van der Waals surface area contributed by atoms with Gasteiger partial charge in [0.05, 0.1) is 11.8 Å². The molecule has 1 aromatic carbocycles. The quantitative estimate of drug-likeness (QED) is 0.891. The van der Waals surface area contributed by atoms with Crippen molar-refractivity contribution in [1.82, 2.24) is 4.98 Å². The summed E-state index contributed by atoms with van der Waals surface area (Å²) in [6.07, 6.45) is 1.06. The molecule has 19 heavy (non-hydrogen) atoms. The van der Waals surface area contributed by atoms with Gasteiger partial charge < -0.3 is 10.6 Å². The molecule has 2 aromatic rings. The van der Waals surface area contributed by atoms with Crippen molar-refractivity contribution >= 4 is 17.4 Å². The van der Waals surface area contributed by atoms with Gasteiger partial charge in [-0.3, -0.25) is 4.79 Å². The van der Waals surface area contributed by atoms with Gasteiger partial charge in [-0.2, -0.15) is 0 Å². The average molecular weight is 259 g/mol. The summed E-state index contributed by atoms with van der Waals surface area (Å²) in [5, 5.41) is 5.48. The highest BCUT2D eigenvalue weighted by atomic mass is 19.1. The number of anilines is 2. The molecule has 4 nitrogen and oxygen atoms in total. The van der Waals surface area contributed by atoms with E-state index < -0.39 is 11.7 Å². The fourth-order valence-electron chi connectivity index (χ4n) is 1.73. The third-order valence-corrected chi connectivity index (χ3v) is 2.61. The molecule has 0 saturated carbocycles. The van der Waals surface area contributed by atoms with Gasteiger partial charge in [0.25, 0.3) is 5.91 Å². The van der Waals surface area contributed by atoms with Crippen LogP contribution in [0.1, 0.15) is 15.9 Å². The second-order valence-corrected chi connectivity index (χ2v) is 4.12. The lowest BCUT2D eigenvalue weighted by Gasteiger charge is -2.09. The van der Waals surface area contributed by atoms with Crippen LogP contribution in [0.15, 0.2) is 36.5 Å². The van der Waals surface area contributed by atoms with Crippen molar-refractivity contribution < 1.29 is 9.18 Å². The van der Waals surface area contributed by atoms with Crippen LogP contribution in [0.3, 0.4) is 0 Å². The van der Waals surface area contributed by atoms with Crippen LogP contribution in [-0.2, 0) is 0 Å². The normalized spacial score (nSPS) is 10.1. The van der Waals surface area contributed by atoms with E-state index in [0.29, 0.717) is 11.5 Å². The second kappa shape index (κ2) is 5.48.